The van der Waals surface area contributed by atoms with Crippen LogP contribution in [0, 0.1) is 0 Å². The van der Waals surface area contributed by atoms with Crippen LogP contribution in [0.5, 0.6) is 0 Å². The topological polar surface area (TPSA) is 75.3 Å². The fourth-order valence-electron chi connectivity index (χ4n) is 1.71. The van der Waals surface area contributed by atoms with Crippen molar-refractivity contribution in [2.75, 3.05) is 0 Å². The third-order valence-electron chi connectivity index (χ3n) is 2.63. The SMILES string of the molecule is C[C@H](N[C@H]1CC[C@H](N)CC1)C(=O)O. The fourth-order valence-corrected chi connectivity index (χ4v) is 1.71. The van der Waals surface area contributed by atoms with Crippen LogP contribution in [-0.2, 0) is 4.79 Å². The molecule has 0 aromatic heterocycles. The highest BCUT2D eigenvalue weighted by Gasteiger charge is 2.21. The lowest BCUT2D eigenvalue weighted by Gasteiger charge is -2.28. The Kier molecular flexibility index (Phi) is 3.69. The van der Waals surface area contributed by atoms with Crippen molar-refractivity contribution < 1.29 is 9.90 Å². The molecule has 1 saturated carbocycles. The third kappa shape index (κ3) is 3.32. The normalized spacial score (nSPS) is 31.2. The summed E-state index contributed by atoms with van der Waals surface area (Å²) in [7, 11) is 0. The predicted octanol–water partition coefficient (Wildman–Crippen LogP) is 0.319. The molecule has 0 heterocycles. The first-order valence-electron chi connectivity index (χ1n) is 4.84. The minimum Gasteiger partial charge on any atom is -0.480 e. The molecule has 0 aromatic rings. The second-order valence-electron chi connectivity index (χ2n) is 3.84. The van der Waals surface area contributed by atoms with Crippen LogP contribution in [0.1, 0.15) is 32.6 Å². The Morgan fingerprint density at radius 1 is 1.46 bits per heavy atom. The number of hydrogen-bond donors (Lipinski definition) is 3. The van der Waals surface area contributed by atoms with E-state index in [4.69, 9.17) is 10.8 Å². The second kappa shape index (κ2) is 4.58. The molecule has 4 N–H and O–H groups in total. The number of rotatable bonds is 3. The average molecular weight is 186 g/mol. The number of nitrogens with two attached hydrogens (primary N) is 1. The maximum atomic E-state index is 10.6. The average Bonchev–Trinajstić information content (AvgIpc) is 2.08. The molecule has 0 spiro atoms. The van der Waals surface area contributed by atoms with Crippen molar-refractivity contribution in [3.05, 3.63) is 0 Å². The van der Waals surface area contributed by atoms with Gasteiger partial charge in [0.25, 0.3) is 0 Å². The quantitative estimate of drug-likeness (QED) is 0.593. The van der Waals surface area contributed by atoms with Gasteiger partial charge in [0.05, 0.1) is 0 Å². The summed E-state index contributed by atoms with van der Waals surface area (Å²) in [5, 5.41) is 11.8. The highest BCUT2D eigenvalue weighted by molar-refractivity contribution is 5.72. The van der Waals surface area contributed by atoms with E-state index in [-0.39, 0.29) is 0 Å². The Balaban J connectivity index is 2.26. The van der Waals surface area contributed by atoms with Gasteiger partial charge in [-0.15, -0.1) is 0 Å². The van der Waals surface area contributed by atoms with E-state index in [2.05, 4.69) is 5.32 Å². The zero-order valence-corrected chi connectivity index (χ0v) is 7.99. The standard InChI is InChI=1S/C9H18N2O2/c1-6(9(12)13)11-8-4-2-7(10)3-5-8/h6-8,11H,2-5,10H2,1H3,(H,12,13)/t6-,7-,8-/m0/s1. The van der Waals surface area contributed by atoms with Crippen molar-refractivity contribution in [1.29, 1.82) is 0 Å². The molecular weight excluding hydrogens is 168 g/mol. The number of carboxylic acid groups (broad SMARTS) is 1. The summed E-state index contributed by atoms with van der Waals surface area (Å²) in [6.45, 7) is 1.68. The van der Waals surface area contributed by atoms with E-state index in [0.29, 0.717) is 12.1 Å². The molecule has 1 aliphatic carbocycles. The number of nitrogens with one attached hydrogen (secondary N) is 1. The van der Waals surface area contributed by atoms with Gasteiger partial charge in [0.15, 0.2) is 0 Å². The van der Waals surface area contributed by atoms with E-state index < -0.39 is 12.0 Å². The Labute approximate surface area is 78.5 Å². The van der Waals surface area contributed by atoms with Crippen LogP contribution in [0.4, 0.5) is 0 Å². The van der Waals surface area contributed by atoms with Crippen LogP contribution < -0.4 is 11.1 Å². The molecule has 1 fully saturated rings. The van der Waals surface area contributed by atoms with E-state index in [1.807, 2.05) is 0 Å². The van der Waals surface area contributed by atoms with Crippen molar-refractivity contribution >= 4 is 5.97 Å². The number of carbonyl (C=O) groups is 1. The maximum Gasteiger partial charge on any atom is 0.320 e. The highest BCUT2D eigenvalue weighted by Crippen LogP contribution is 2.17. The third-order valence-corrected chi connectivity index (χ3v) is 2.63. The molecule has 1 aliphatic rings. The van der Waals surface area contributed by atoms with Crippen LogP contribution in [0.2, 0.25) is 0 Å². The molecule has 4 heteroatoms. The second-order valence-corrected chi connectivity index (χ2v) is 3.84. The van der Waals surface area contributed by atoms with Crippen LogP contribution in [0.25, 0.3) is 0 Å². The predicted molar refractivity (Wildman–Crippen MR) is 50.5 cm³/mol. The minimum atomic E-state index is -0.783. The zero-order valence-electron chi connectivity index (χ0n) is 7.99. The van der Waals surface area contributed by atoms with E-state index >= 15 is 0 Å². The minimum absolute atomic E-state index is 0.318. The van der Waals surface area contributed by atoms with Gasteiger partial charge in [-0.05, 0) is 32.6 Å². The summed E-state index contributed by atoms with van der Waals surface area (Å²) >= 11 is 0. The van der Waals surface area contributed by atoms with Gasteiger partial charge in [-0.1, -0.05) is 0 Å². The van der Waals surface area contributed by atoms with Gasteiger partial charge in [0.1, 0.15) is 6.04 Å². The lowest BCUT2D eigenvalue weighted by atomic mass is 9.91. The number of hydrogen-bond acceptors (Lipinski definition) is 3. The van der Waals surface area contributed by atoms with Gasteiger partial charge in [-0.3, -0.25) is 4.79 Å². The van der Waals surface area contributed by atoms with Crippen molar-refractivity contribution in [2.45, 2.75) is 50.7 Å². The molecule has 0 bridgehead atoms. The van der Waals surface area contributed by atoms with Crippen molar-refractivity contribution in [3.8, 4) is 0 Å². The summed E-state index contributed by atoms with van der Waals surface area (Å²) in [5.74, 6) is -0.783. The monoisotopic (exact) mass is 186 g/mol. The number of aliphatic carboxylic acids is 1. The van der Waals surface area contributed by atoms with E-state index in [1.54, 1.807) is 6.92 Å². The molecule has 0 aliphatic heterocycles. The first kappa shape index (κ1) is 10.5. The largest absolute Gasteiger partial charge is 0.480 e. The van der Waals surface area contributed by atoms with Crippen LogP contribution >= 0.6 is 0 Å². The van der Waals surface area contributed by atoms with Crippen molar-refractivity contribution in [3.63, 3.8) is 0 Å². The molecule has 1 atom stereocenters. The summed E-state index contributed by atoms with van der Waals surface area (Å²) in [6, 6.07) is 0.211. The molecule has 13 heavy (non-hydrogen) atoms. The molecule has 76 valence electrons. The Hall–Kier alpha value is -0.610. The fraction of sp³-hybridized carbons (Fsp3) is 0.889. The molecule has 0 radical (unpaired) electrons. The molecule has 4 nitrogen and oxygen atoms in total. The maximum absolute atomic E-state index is 10.6. The number of carboxylic acids is 1. The molecule has 0 unspecified atom stereocenters. The zero-order chi connectivity index (χ0) is 9.84. The van der Waals surface area contributed by atoms with Crippen molar-refractivity contribution in [1.82, 2.24) is 5.32 Å². The van der Waals surface area contributed by atoms with Gasteiger partial charge in [0, 0.05) is 12.1 Å². The smallest absolute Gasteiger partial charge is 0.320 e. The molecular formula is C9H18N2O2. The van der Waals surface area contributed by atoms with Crippen LogP contribution in [-0.4, -0.2) is 29.2 Å². The molecule has 0 amide bonds. The lowest BCUT2D eigenvalue weighted by molar-refractivity contribution is -0.139. The summed E-state index contributed by atoms with van der Waals surface area (Å²) in [5.41, 5.74) is 5.74. The van der Waals surface area contributed by atoms with E-state index in [1.165, 1.54) is 0 Å². The van der Waals surface area contributed by atoms with Crippen LogP contribution in [0.15, 0.2) is 0 Å². The summed E-state index contributed by atoms with van der Waals surface area (Å²) < 4.78 is 0. The van der Waals surface area contributed by atoms with Gasteiger partial charge in [0.2, 0.25) is 0 Å². The van der Waals surface area contributed by atoms with Gasteiger partial charge < -0.3 is 16.2 Å². The van der Waals surface area contributed by atoms with Crippen LogP contribution in [0.3, 0.4) is 0 Å². The summed E-state index contributed by atoms with van der Waals surface area (Å²) in [4.78, 5) is 10.6. The molecule has 0 aromatic carbocycles. The first-order chi connectivity index (χ1) is 6.09. The Bertz CT molecular complexity index is 176. The molecule has 1 rings (SSSR count). The first-order valence-corrected chi connectivity index (χ1v) is 4.84. The van der Waals surface area contributed by atoms with E-state index in [9.17, 15) is 4.79 Å². The lowest BCUT2D eigenvalue weighted by Crippen LogP contribution is -2.44. The Morgan fingerprint density at radius 3 is 2.46 bits per heavy atom. The van der Waals surface area contributed by atoms with Crippen molar-refractivity contribution in [2.24, 2.45) is 5.73 Å². The van der Waals surface area contributed by atoms with E-state index in [0.717, 1.165) is 25.7 Å². The Morgan fingerprint density at radius 2 is 2.00 bits per heavy atom. The molecule has 0 saturated heterocycles. The van der Waals surface area contributed by atoms with Gasteiger partial charge in [-0.2, -0.15) is 0 Å². The highest BCUT2D eigenvalue weighted by atomic mass is 16.4. The van der Waals surface area contributed by atoms with Gasteiger partial charge in [-0.25, -0.2) is 0 Å². The van der Waals surface area contributed by atoms with Gasteiger partial charge >= 0.3 is 5.97 Å². The summed E-state index contributed by atoms with van der Waals surface area (Å²) in [6.07, 6.45) is 4.01.